The highest BCUT2D eigenvalue weighted by atomic mass is 32.2. The third-order valence-electron chi connectivity index (χ3n) is 3.63. The number of hydroxylamine groups is 1. The number of carbonyl (C=O) groups excluding carboxylic acids is 2. The molecule has 0 saturated carbocycles. The minimum Gasteiger partial charge on any atom is -0.497 e. The topological polar surface area (TPSA) is 67.9 Å². The fourth-order valence-corrected chi connectivity index (χ4v) is 3.80. The van der Waals surface area contributed by atoms with Crippen LogP contribution in [0.4, 0.5) is 0 Å². The fourth-order valence-electron chi connectivity index (χ4n) is 2.45. The number of rotatable bonds is 6. The van der Waals surface area contributed by atoms with Crippen molar-refractivity contribution in [2.75, 3.05) is 19.5 Å². The third-order valence-corrected chi connectivity index (χ3v) is 5.09. The summed E-state index contributed by atoms with van der Waals surface area (Å²) in [7, 11) is 1.58. The highest BCUT2D eigenvalue weighted by Gasteiger charge is 2.41. The largest absolute Gasteiger partial charge is 0.497 e. The lowest BCUT2D eigenvalue weighted by Gasteiger charge is -2.28. The van der Waals surface area contributed by atoms with Crippen LogP contribution in [0.15, 0.2) is 24.3 Å². The summed E-state index contributed by atoms with van der Waals surface area (Å²) in [6.07, 6.45) is 0.783. The van der Waals surface area contributed by atoms with Gasteiger partial charge in [-0.25, -0.2) is 5.48 Å². The molecule has 2 unspecified atom stereocenters. The Morgan fingerprint density at radius 3 is 2.57 bits per heavy atom. The smallest absolute Gasteiger partial charge is 0.267 e. The summed E-state index contributed by atoms with van der Waals surface area (Å²) in [6.45, 7) is 4.18. The highest BCUT2D eigenvalue weighted by molar-refractivity contribution is 8.00. The van der Waals surface area contributed by atoms with Gasteiger partial charge in [0.1, 0.15) is 11.8 Å². The van der Waals surface area contributed by atoms with Crippen molar-refractivity contribution in [3.8, 4) is 5.75 Å². The number of methoxy groups -OCH3 is 1. The Morgan fingerprint density at radius 2 is 2.00 bits per heavy atom. The summed E-state index contributed by atoms with van der Waals surface area (Å²) >= 11 is 1.62. The summed E-state index contributed by atoms with van der Waals surface area (Å²) in [5.74, 6) is 0.826. The average molecular weight is 338 g/mol. The van der Waals surface area contributed by atoms with Gasteiger partial charge in [-0.2, -0.15) is 0 Å². The van der Waals surface area contributed by atoms with Crippen LogP contribution in [0, 0.1) is 0 Å². The molecule has 6 nitrogen and oxygen atoms in total. The molecule has 0 radical (unpaired) electrons. The fraction of sp³-hybridized carbons (Fsp3) is 0.500. The molecule has 0 bridgehead atoms. The maximum atomic E-state index is 12.9. The van der Waals surface area contributed by atoms with Gasteiger partial charge in [-0.3, -0.25) is 14.4 Å². The first-order chi connectivity index (χ1) is 11.1. The van der Waals surface area contributed by atoms with E-state index in [9.17, 15) is 9.59 Å². The molecule has 23 heavy (non-hydrogen) atoms. The van der Waals surface area contributed by atoms with Crippen LogP contribution in [0.3, 0.4) is 0 Å². The van der Waals surface area contributed by atoms with Gasteiger partial charge in [0.25, 0.3) is 11.8 Å². The van der Waals surface area contributed by atoms with E-state index in [2.05, 4.69) is 5.48 Å². The number of carbonyl (C=O) groups is 2. The van der Waals surface area contributed by atoms with E-state index in [4.69, 9.17) is 9.57 Å². The van der Waals surface area contributed by atoms with E-state index in [1.807, 2.05) is 6.92 Å². The Hall–Kier alpha value is -1.73. The Morgan fingerprint density at radius 1 is 1.30 bits per heavy atom. The number of thioether (sulfide) groups is 1. The Kier molecular flexibility index (Phi) is 6.29. The van der Waals surface area contributed by atoms with Crippen molar-refractivity contribution >= 4 is 23.6 Å². The van der Waals surface area contributed by atoms with Gasteiger partial charge < -0.3 is 9.64 Å². The van der Waals surface area contributed by atoms with Gasteiger partial charge >= 0.3 is 0 Å². The third kappa shape index (κ3) is 3.97. The van der Waals surface area contributed by atoms with Crippen LogP contribution in [0.1, 0.15) is 30.6 Å². The van der Waals surface area contributed by atoms with Crippen molar-refractivity contribution in [1.29, 1.82) is 0 Å². The Labute approximate surface area is 140 Å². The van der Waals surface area contributed by atoms with E-state index >= 15 is 0 Å². The number of benzene rings is 1. The second-order valence-corrected chi connectivity index (χ2v) is 6.26. The Bertz CT molecular complexity index is 550. The zero-order chi connectivity index (χ0) is 16.8. The summed E-state index contributed by atoms with van der Waals surface area (Å²) in [6, 6.07) is 6.40. The predicted octanol–water partition coefficient (Wildman–Crippen LogP) is 2.06. The van der Waals surface area contributed by atoms with Crippen LogP contribution in [-0.2, 0) is 9.63 Å². The molecular formula is C16H22N2O4S. The van der Waals surface area contributed by atoms with Gasteiger partial charge in [0.05, 0.1) is 19.1 Å². The number of ether oxygens (including phenoxy) is 1. The lowest BCUT2D eigenvalue weighted by Crippen LogP contribution is -2.49. The zero-order valence-corrected chi connectivity index (χ0v) is 14.4. The zero-order valence-electron chi connectivity index (χ0n) is 13.6. The molecule has 2 amide bonds. The molecule has 1 aromatic carbocycles. The molecule has 7 heteroatoms. The van der Waals surface area contributed by atoms with Gasteiger partial charge in [-0.1, -0.05) is 6.92 Å². The lowest BCUT2D eigenvalue weighted by molar-refractivity contribution is -0.137. The van der Waals surface area contributed by atoms with Crippen molar-refractivity contribution in [2.45, 2.75) is 31.7 Å². The first-order valence-electron chi connectivity index (χ1n) is 7.62. The summed E-state index contributed by atoms with van der Waals surface area (Å²) in [4.78, 5) is 31.7. The van der Waals surface area contributed by atoms with Gasteiger partial charge in [0.15, 0.2) is 0 Å². The van der Waals surface area contributed by atoms with Crippen LogP contribution in [0.25, 0.3) is 0 Å². The average Bonchev–Trinajstić information content (AvgIpc) is 3.03. The SMILES string of the molecule is CCONC(=O)C1CSC(CC)N1C(=O)c1ccc(OC)cc1. The van der Waals surface area contributed by atoms with E-state index in [1.54, 1.807) is 55.0 Å². The molecule has 0 spiro atoms. The van der Waals surface area contributed by atoms with Gasteiger partial charge in [-0.15, -0.1) is 11.8 Å². The van der Waals surface area contributed by atoms with Crippen LogP contribution < -0.4 is 10.2 Å². The second kappa shape index (κ2) is 8.21. The van der Waals surface area contributed by atoms with Crippen molar-refractivity contribution in [2.24, 2.45) is 0 Å². The number of nitrogens with zero attached hydrogens (tertiary/aromatic N) is 1. The van der Waals surface area contributed by atoms with Crippen LogP contribution >= 0.6 is 11.8 Å². The monoisotopic (exact) mass is 338 g/mol. The molecule has 2 atom stereocenters. The van der Waals surface area contributed by atoms with Crippen LogP contribution in [0.5, 0.6) is 5.75 Å². The van der Waals surface area contributed by atoms with Crippen molar-refractivity contribution in [3.05, 3.63) is 29.8 Å². The lowest BCUT2D eigenvalue weighted by atomic mass is 10.1. The van der Waals surface area contributed by atoms with E-state index < -0.39 is 6.04 Å². The number of nitrogens with one attached hydrogen (secondary N) is 1. The first kappa shape index (κ1) is 17.6. The van der Waals surface area contributed by atoms with Gasteiger partial charge in [-0.05, 0) is 37.6 Å². The summed E-state index contributed by atoms with van der Waals surface area (Å²) in [5.41, 5.74) is 2.95. The Balaban J connectivity index is 2.19. The summed E-state index contributed by atoms with van der Waals surface area (Å²) < 4.78 is 5.11. The summed E-state index contributed by atoms with van der Waals surface area (Å²) in [5, 5.41) is -0.0121. The van der Waals surface area contributed by atoms with Gasteiger partial charge in [0.2, 0.25) is 0 Å². The van der Waals surface area contributed by atoms with E-state index in [0.29, 0.717) is 23.7 Å². The second-order valence-electron chi connectivity index (χ2n) is 5.05. The maximum absolute atomic E-state index is 12.9. The minimum absolute atomic E-state index is 0.0121. The van der Waals surface area contributed by atoms with E-state index in [1.165, 1.54) is 0 Å². The highest BCUT2D eigenvalue weighted by Crippen LogP contribution is 2.33. The minimum atomic E-state index is -0.522. The molecule has 1 aromatic rings. The van der Waals surface area contributed by atoms with Gasteiger partial charge in [0, 0.05) is 11.3 Å². The first-order valence-corrected chi connectivity index (χ1v) is 8.67. The molecule has 1 aliphatic heterocycles. The molecule has 0 aromatic heterocycles. The van der Waals surface area contributed by atoms with Crippen molar-refractivity contribution in [1.82, 2.24) is 10.4 Å². The molecule has 1 saturated heterocycles. The van der Waals surface area contributed by atoms with E-state index in [0.717, 1.165) is 6.42 Å². The molecule has 1 heterocycles. The van der Waals surface area contributed by atoms with E-state index in [-0.39, 0.29) is 17.2 Å². The molecule has 2 rings (SSSR count). The number of amides is 2. The molecule has 1 N–H and O–H groups in total. The van der Waals surface area contributed by atoms with Crippen molar-refractivity contribution in [3.63, 3.8) is 0 Å². The molecule has 0 aliphatic carbocycles. The molecule has 1 fully saturated rings. The molecule has 1 aliphatic rings. The van der Waals surface area contributed by atoms with Crippen molar-refractivity contribution < 1.29 is 19.2 Å². The normalized spacial score (nSPS) is 20.4. The number of hydrogen-bond acceptors (Lipinski definition) is 5. The number of hydrogen-bond donors (Lipinski definition) is 1. The standard InChI is InChI=1S/C16H22N2O4S/c1-4-14-18(13(10-23-14)15(19)17-22-5-2)16(20)11-6-8-12(21-3)9-7-11/h6-9,13-14H,4-5,10H2,1-3H3,(H,17,19). The predicted molar refractivity (Wildman–Crippen MR) is 89.3 cm³/mol. The molecule has 126 valence electrons. The maximum Gasteiger partial charge on any atom is 0.267 e. The quantitative estimate of drug-likeness (QED) is 0.804. The van der Waals surface area contributed by atoms with Crippen LogP contribution in [0.2, 0.25) is 0 Å². The molecular weight excluding hydrogens is 316 g/mol. The van der Waals surface area contributed by atoms with Crippen LogP contribution in [-0.4, -0.2) is 47.6 Å².